The van der Waals surface area contributed by atoms with Crippen molar-refractivity contribution in [3.63, 3.8) is 0 Å². The molecule has 0 bridgehead atoms. The Morgan fingerprint density at radius 2 is 2.00 bits per heavy atom. The zero-order valence-corrected chi connectivity index (χ0v) is 25.0. The number of nitrogens with zero attached hydrogens (tertiary/aromatic N) is 3. The molecule has 0 unspecified atom stereocenters. The van der Waals surface area contributed by atoms with Crippen molar-refractivity contribution < 1.29 is 14.3 Å². The van der Waals surface area contributed by atoms with E-state index in [-0.39, 0.29) is 35.7 Å². The molecule has 2 aliphatic carbocycles. The van der Waals surface area contributed by atoms with E-state index in [1.54, 1.807) is 10.9 Å². The highest BCUT2D eigenvalue weighted by Crippen LogP contribution is 2.58. The van der Waals surface area contributed by atoms with Crippen LogP contribution in [0, 0.1) is 11.3 Å². The molecule has 1 saturated carbocycles. The molecule has 2 aliphatic rings. The Morgan fingerprint density at radius 1 is 1.21 bits per heavy atom. The monoisotopic (exact) mass is 592 g/mol. The van der Waals surface area contributed by atoms with Crippen molar-refractivity contribution in [3.05, 3.63) is 63.8 Å². The number of rotatable bonds is 6. The Morgan fingerprint density at radius 3 is 2.72 bits per heavy atom. The number of carbonyl (C=O) groups is 2. The predicted octanol–water partition coefficient (Wildman–Crippen LogP) is 6.65. The molecule has 1 aromatic heterocycles. The van der Waals surface area contributed by atoms with E-state index < -0.39 is 5.41 Å². The number of carbonyl (C=O) groups excluding carboxylic acids is 2. The van der Waals surface area contributed by atoms with Gasteiger partial charge in [0.15, 0.2) is 0 Å². The van der Waals surface area contributed by atoms with E-state index in [4.69, 9.17) is 4.74 Å². The number of hydrogen-bond donors (Lipinski definition) is 1. The molecule has 1 heterocycles. The van der Waals surface area contributed by atoms with Gasteiger partial charge in [-0.1, -0.05) is 72.6 Å². The Hall–Kier alpha value is -3.00. The molecule has 8 heteroatoms. The van der Waals surface area contributed by atoms with Crippen LogP contribution >= 0.6 is 15.9 Å². The second-order valence-electron chi connectivity index (χ2n) is 11.8. The van der Waals surface area contributed by atoms with Gasteiger partial charge in [-0.3, -0.25) is 9.59 Å². The van der Waals surface area contributed by atoms with Gasteiger partial charge in [0.1, 0.15) is 12.2 Å². The molecule has 0 saturated heterocycles. The molecule has 3 aromatic rings. The molecule has 0 spiro atoms. The van der Waals surface area contributed by atoms with Crippen molar-refractivity contribution in [3.8, 4) is 11.3 Å². The van der Waals surface area contributed by atoms with Crippen LogP contribution in [-0.4, -0.2) is 34.0 Å². The van der Waals surface area contributed by atoms with Crippen LogP contribution in [0.2, 0.25) is 0 Å². The van der Waals surface area contributed by atoms with Crippen molar-refractivity contribution in [2.75, 3.05) is 12.4 Å². The van der Waals surface area contributed by atoms with Crippen molar-refractivity contribution in [2.24, 2.45) is 11.3 Å². The lowest BCUT2D eigenvalue weighted by Crippen LogP contribution is -2.52. The lowest BCUT2D eigenvalue weighted by Gasteiger charge is -2.54. The summed E-state index contributed by atoms with van der Waals surface area (Å²) >= 11 is 3.49. The van der Waals surface area contributed by atoms with Crippen LogP contribution in [0.1, 0.15) is 76.0 Å². The van der Waals surface area contributed by atoms with Crippen molar-refractivity contribution >= 4 is 33.5 Å². The molecule has 2 aromatic carbocycles. The van der Waals surface area contributed by atoms with Gasteiger partial charge in [0, 0.05) is 15.7 Å². The molecule has 1 fully saturated rings. The molecule has 5 rings (SSSR count). The summed E-state index contributed by atoms with van der Waals surface area (Å²) in [6, 6.07) is 12.3. The Bertz CT molecular complexity index is 1420. The maximum Gasteiger partial charge on any atom is 0.311 e. The van der Waals surface area contributed by atoms with Gasteiger partial charge in [-0.2, -0.15) is 0 Å². The van der Waals surface area contributed by atoms with Crippen LogP contribution in [0.25, 0.3) is 11.3 Å². The second-order valence-corrected chi connectivity index (χ2v) is 12.8. The van der Waals surface area contributed by atoms with Gasteiger partial charge in [0.05, 0.1) is 18.7 Å². The van der Waals surface area contributed by atoms with E-state index in [0.717, 1.165) is 53.4 Å². The van der Waals surface area contributed by atoms with E-state index in [1.165, 1.54) is 18.2 Å². The lowest BCUT2D eigenvalue weighted by molar-refractivity contribution is -0.161. The van der Waals surface area contributed by atoms with E-state index in [9.17, 15) is 9.59 Å². The van der Waals surface area contributed by atoms with Gasteiger partial charge < -0.3 is 10.1 Å². The first-order valence-electron chi connectivity index (χ1n) is 13.8. The second kappa shape index (κ2) is 10.5. The summed E-state index contributed by atoms with van der Waals surface area (Å²) in [7, 11) is 1.50. The average molecular weight is 594 g/mol. The Kier molecular flexibility index (Phi) is 7.44. The summed E-state index contributed by atoms with van der Waals surface area (Å²) in [6.07, 6.45) is 6.34. The zero-order chi connectivity index (χ0) is 27.9. The van der Waals surface area contributed by atoms with E-state index in [2.05, 4.69) is 71.4 Å². The van der Waals surface area contributed by atoms with Gasteiger partial charge in [0.25, 0.3) is 0 Å². The van der Waals surface area contributed by atoms with Crippen LogP contribution in [0.5, 0.6) is 0 Å². The summed E-state index contributed by atoms with van der Waals surface area (Å²) in [5.74, 6) is 0.201. The summed E-state index contributed by atoms with van der Waals surface area (Å²) in [4.78, 5) is 26.3. The standard InChI is InChI=1S/C31H37BrN4O3/c1-19(2)22-10-12-24-23(11-13-26-30(24,3)14-7-15-31(26,4)29(38)39-5)28(22)33-27(37)18-36-17-25(34-35-36)20-8-6-9-21(32)16-20/h6,8-10,12,16-17,19,26H,7,11,13-15,18H2,1-5H3,(H,33,37)/t26-,30-,31-/m1/s1. The van der Waals surface area contributed by atoms with E-state index >= 15 is 0 Å². The van der Waals surface area contributed by atoms with Crippen molar-refractivity contribution in [1.82, 2.24) is 15.0 Å². The first-order valence-corrected chi connectivity index (χ1v) is 14.6. The van der Waals surface area contributed by atoms with Gasteiger partial charge >= 0.3 is 5.97 Å². The fourth-order valence-electron chi connectivity index (χ4n) is 7.17. The Labute approximate surface area is 238 Å². The van der Waals surface area contributed by atoms with Crippen molar-refractivity contribution in [1.29, 1.82) is 0 Å². The van der Waals surface area contributed by atoms with Gasteiger partial charge in [-0.25, -0.2) is 4.68 Å². The number of fused-ring (bicyclic) bond motifs is 3. The first-order chi connectivity index (χ1) is 18.6. The summed E-state index contributed by atoms with van der Waals surface area (Å²) in [6.45, 7) is 8.76. The smallest absolute Gasteiger partial charge is 0.311 e. The number of esters is 1. The minimum Gasteiger partial charge on any atom is -0.469 e. The predicted molar refractivity (Wildman–Crippen MR) is 155 cm³/mol. The lowest BCUT2D eigenvalue weighted by atomic mass is 9.49. The van der Waals surface area contributed by atoms with Crippen LogP contribution in [0.15, 0.2) is 47.1 Å². The van der Waals surface area contributed by atoms with Crippen LogP contribution in [0.4, 0.5) is 5.69 Å². The van der Waals surface area contributed by atoms with Crippen LogP contribution in [-0.2, 0) is 32.7 Å². The summed E-state index contributed by atoms with van der Waals surface area (Å²) < 4.78 is 7.82. The third-order valence-electron chi connectivity index (χ3n) is 9.08. The quantitative estimate of drug-likeness (QED) is 0.324. The highest BCUT2D eigenvalue weighted by atomic mass is 79.9. The molecular formula is C31H37BrN4O3. The number of aromatic nitrogens is 3. The number of ether oxygens (including phenoxy) is 1. The Balaban J connectivity index is 1.44. The number of halogens is 1. The van der Waals surface area contributed by atoms with Crippen LogP contribution in [0.3, 0.4) is 0 Å². The zero-order valence-electron chi connectivity index (χ0n) is 23.4. The molecule has 1 amide bonds. The van der Waals surface area contributed by atoms with Gasteiger partial charge in [-0.05, 0) is 78.7 Å². The molecule has 7 nitrogen and oxygen atoms in total. The highest BCUT2D eigenvalue weighted by molar-refractivity contribution is 9.10. The third kappa shape index (κ3) is 4.92. The number of methoxy groups -OCH3 is 1. The maximum atomic E-state index is 13.4. The fourth-order valence-corrected chi connectivity index (χ4v) is 7.57. The molecule has 39 heavy (non-hydrogen) atoms. The number of nitrogens with one attached hydrogen (secondary N) is 1. The van der Waals surface area contributed by atoms with E-state index in [0.29, 0.717) is 5.69 Å². The van der Waals surface area contributed by atoms with Gasteiger partial charge in [-0.15, -0.1) is 5.10 Å². The molecule has 1 N–H and O–H groups in total. The maximum absolute atomic E-state index is 13.4. The number of anilines is 1. The number of amides is 1. The minimum atomic E-state index is -0.501. The average Bonchev–Trinajstić information content (AvgIpc) is 3.36. The fraction of sp³-hybridized carbons (Fsp3) is 0.484. The molecule has 206 valence electrons. The summed E-state index contributed by atoms with van der Waals surface area (Å²) in [5, 5.41) is 11.7. The highest BCUT2D eigenvalue weighted by Gasteiger charge is 2.56. The molecular weight excluding hydrogens is 556 g/mol. The SMILES string of the molecule is COC(=O)[C@]1(C)CCC[C@]2(C)c3ccc(C(C)C)c(NC(=O)Cn4cc(-c5cccc(Br)c5)nn4)c3CC[C@@H]12. The number of hydrogen-bond acceptors (Lipinski definition) is 5. The van der Waals surface area contributed by atoms with Crippen LogP contribution < -0.4 is 5.32 Å². The topological polar surface area (TPSA) is 86.1 Å². The van der Waals surface area contributed by atoms with Crippen molar-refractivity contribution in [2.45, 2.75) is 77.7 Å². The largest absolute Gasteiger partial charge is 0.469 e. The van der Waals surface area contributed by atoms with E-state index in [1.807, 2.05) is 24.3 Å². The minimum absolute atomic E-state index is 0.0719. The van der Waals surface area contributed by atoms with Gasteiger partial charge in [0.2, 0.25) is 5.91 Å². The summed E-state index contributed by atoms with van der Waals surface area (Å²) in [5.41, 5.74) is 5.50. The normalized spacial score (nSPS) is 24.1. The molecule has 0 aliphatic heterocycles. The molecule has 3 atom stereocenters. The number of benzene rings is 2. The third-order valence-corrected chi connectivity index (χ3v) is 9.57. The molecule has 0 radical (unpaired) electrons. The first kappa shape index (κ1) is 27.6.